The molecule has 0 rings (SSSR count). The molecule has 0 aliphatic heterocycles. The van der Waals surface area contributed by atoms with Crippen molar-refractivity contribution in [3.8, 4) is 0 Å². The van der Waals surface area contributed by atoms with Crippen LogP contribution in [0.3, 0.4) is 0 Å². The molecule has 0 amide bonds. The van der Waals surface area contributed by atoms with Gasteiger partial charge in [0, 0.05) is 12.8 Å². The van der Waals surface area contributed by atoms with E-state index >= 15 is 0 Å². The zero-order valence-electron chi connectivity index (χ0n) is 5.53. The van der Waals surface area contributed by atoms with Gasteiger partial charge in [-0.3, -0.25) is 0 Å². The van der Waals surface area contributed by atoms with E-state index < -0.39 is 16.1 Å². The van der Waals surface area contributed by atoms with E-state index in [9.17, 15) is 0 Å². The van der Waals surface area contributed by atoms with Crippen molar-refractivity contribution in [2.75, 3.05) is 16.4 Å². The summed E-state index contributed by atoms with van der Waals surface area (Å²) in [5.74, 6) is 0. The Morgan fingerprint density at radius 2 is 1.45 bits per heavy atom. The maximum atomic E-state index is 5.77. The molecule has 0 N–H and O–H groups in total. The molecule has 0 unspecified atom stereocenters. The van der Waals surface area contributed by atoms with Gasteiger partial charge in [-0.05, 0) is 38.3 Å². The molecular weight excluding hydrogens is 309 g/mol. The predicted molar refractivity (Wildman–Crippen MR) is 67.7 cm³/mol. The zero-order valence-corrected chi connectivity index (χ0v) is 11.8. The first kappa shape index (κ1) is 13.5. The molecule has 0 bridgehead atoms. The highest BCUT2D eigenvalue weighted by atomic mass is 36.2. The summed E-state index contributed by atoms with van der Waals surface area (Å²) in [7, 11) is 24.8. The van der Waals surface area contributed by atoms with Crippen LogP contribution in [0, 0.1) is 0 Å². The van der Waals surface area contributed by atoms with Gasteiger partial charge in [0.05, 0.1) is 5.08 Å². The number of rotatable bonds is 4. The van der Waals surface area contributed by atoms with Gasteiger partial charge < -0.3 is 0 Å². The fraction of sp³-hybridized carbons (Fsp3) is 1.00. The quantitative estimate of drug-likeness (QED) is 0.646. The third-order valence-electron chi connectivity index (χ3n) is 0.507. The van der Waals surface area contributed by atoms with E-state index in [0.717, 1.165) is 0 Å². The van der Waals surface area contributed by atoms with Crippen molar-refractivity contribution in [1.29, 1.82) is 0 Å². The Morgan fingerprint density at radius 3 is 1.73 bits per heavy atom. The van der Waals surface area contributed by atoms with Crippen molar-refractivity contribution >= 4 is 81.3 Å². The highest BCUT2D eigenvalue weighted by Gasteiger charge is 2.16. The average molecular weight is 317 g/mol. The monoisotopic (exact) mass is 314 g/mol. The lowest BCUT2D eigenvalue weighted by Crippen LogP contribution is -1.85. The fourth-order valence-corrected chi connectivity index (χ4v) is 5.92. The molecule has 0 aromatic heterocycles. The van der Waals surface area contributed by atoms with Crippen molar-refractivity contribution in [1.82, 2.24) is 0 Å². The van der Waals surface area contributed by atoms with Gasteiger partial charge in [-0.25, -0.2) is 0 Å². The molecule has 72 valence electrons. The van der Waals surface area contributed by atoms with Crippen LogP contribution >= 0.6 is 81.3 Å². The lowest BCUT2D eigenvalue weighted by Gasteiger charge is -2.20. The number of halogens is 5. The largest absolute Gasteiger partial charge is 0.137 e. The highest BCUT2D eigenvalue weighted by molar-refractivity contribution is 8.81. The van der Waals surface area contributed by atoms with Crippen LogP contribution in [0.1, 0.15) is 0 Å². The van der Waals surface area contributed by atoms with Crippen molar-refractivity contribution in [2.24, 2.45) is 0 Å². The van der Waals surface area contributed by atoms with E-state index in [0.29, 0.717) is 10.2 Å². The minimum absolute atomic E-state index is 0.500. The molecule has 0 aliphatic rings. The average Bonchev–Trinajstić information content (AvgIpc) is 1.55. The van der Waals surface area contributed by atoms with E-state index in [1.807, 2.05) is 0 Å². The van der Waals surface area contributed by atoms with Crippen LogP contribution in [-0.2, 0) is 0 Å². The molecule has 11 heavy (non-hydrogen) atoms. The molecule has 0 fully saturated rings. The van der Waals surface area contributed by atoms with Crippen molar-refractivity contribution in [2.45, 2.75) is 0 Å². The van der Waals surface area contributed by atoms with E-state index in [1.54, 1.807) is 6.26 Å². The highest BCUT2D eigenvalue weighted by Crippen LogP contribution is 2.66. The molecule has 0 aromatic rings. The van der Waals surface area contributed by atoms with E-state index in [-0.39, 0.29) is 0 Å². The van der Waals surface area contributed by atoms with Gasteiger partial charge >= 0.3 is 0 Å². The van der Waals surface area contributed by atoms with Crippen LogP contribution in [0.4, 0.5) is 0 Å². The summed E-state index contributed by atoms with van der Waals surface area (Å²) >= 11 is 1.48. The Labute approximate surface area is 96.7 Å². The van der Waals surface area contributed by atoms with Crippen LogP contribution < -0.4 is 0 Å². The maximum absolute atomic E-state index is 5.77. The van der Waals surface area contributed by atoms with Crippen LogP contribution in [0.25, 0.3) is 0 Å². The molecule has 0 saturated heterocycles. The summed E-state index contributed by atoms with van der Waals surface area (Å²) in [6.45, 7) is 0. The van der Waals surface area contributed by atoms with Gasteiger partial charge in [0.2, 0.25) is 0 Å². The maximum Gasteiger partial charge on any atom is 0.0631 e. The summed E-state index contributed by atoms with van der Waals surface area (Å²) in [4.78, 5) is 0. The lowest BCUT2D eigenvalue weighted by molar-refractivity contribution is 2.13. The van der Waals surface area contributed by atoms with Crippen LogP contribution in [0.2, 0.25) is 0 Å². The first-order valence-electron chi connectivity index (χ1n) is 2.33. The summed E-state index contributed by atoms with van der Waals surface area (Å²) in [5, 5.41) is 1.15. The molecule has 0 aliphatic carbocycles. The topological polar surface area (TPSA) is 0 Å². The first-order valence-corrected chi connectivity index (χ1v) is 11.6. The van der Waals surface area contributed by atoms with E-state index in [4.69, 9.17) is 53.4 Å². The van der Waals surface area contributed by atoms with Crippen LogP contribution in [0.5, 0.6) is 0 Å². The molecule has 0 heterocycles. The van der Waals surface area contributed by atoms with Crippen LogP contribution in [0.15, 0.2) is 0 Å². The Kier molecular flexibility index (Phi) is 6.62. The molecular formula is C3H7Cl5S3. The van der Waals surface area contributed by atoms with Gasteiger partial charge in [0.15, 0.2) is 0 Å². The van der Waals surface area contributed by atoms with E-state index in [1.165, 1.54) is 11.8 Å². The molecule has 0 saturated carbocycles. The zero-order chi connectivity index (χ0) is 9.12. The summed E-state index contributed by atoms with van der Waals surface area (Å²) in [6.07, 6.45) is 1.79. The van der Waals surface area contributed by atoms with Crippen molar-refractivity contribution in [3.05, 3.63) is 0 Å². The number of thioether (sulfide) groups is 1. The normalized spacial score (nSPS) is 16.5. The lowest BCUT2D eigenvalue weighted by atomic mass is 11.9. The minimum Gasteiger partial charge on any atom is -0.137 e. The van der Waals surface area contributed by atoms with Crippen molar-refractivity contribution in [3.63, 3.8) is 0 Å². The third-order valence-corrected chi connectivity index (χ3v) is 8.57. The molecule has 0 aromatic carbocycles. The van der Waals surface area contributed by atoms with Gasteiger partial charge in [-0.2, -0.15) is 0 Å². The SMILES string of the molecule is CS(Cl)(Cl)CSCS(Cl)(Cl)Cl. The molecule has 0 spiro atoms. The third kappa shape index (κ3) is 12.5. The van der Waals surface area contributed by atoms with E-state index in [2.05, 4.69) is 0 Å². The van der Waals surface area contributed by atoms with Gasteiger partial charge in [0.1, 0.15) is 0 Å². The minimum atomic E-state index is -1.97. The fourth-order valence-electron chi connectivity index (χ4n) is 0.275. The second kappa shape index (κ2) is 5.40. The van der Waals surface area contributed by atoms with Gasteiger partial charge in [0.25, 0.3) is 0 Å². The Balaban J connectivity index is 3.44. The summed E-state index contributed by atoms with van der Waals surface area (Å²) < 4.78 is 0. The van der Waals surface area contributed by atoms with Crippen LogP contribution in [-0.4, -0.2) is 16.4 Å². The summed E-state index contributed by atoms with van der Waals surface area (Å²) in [5.41, 5.74) is 0. The molecule has 0 atom stereocenters. The Morgan fingerprint density at radius 1 is 1.00 bits per heavy atom. The smallest absolute Gasteiger partial charge is 0.0631 e. The Hall–Kier alpha value is 2.50. The van der Waals surface area contributed by atoms with Gasteiger partial charge in [-0.15, -0.1) is 11.8 Å². The predicted octanol–water partition coefficient (Wildman–Crippen LogP) is 5.64. The second-order valence-electron chi connectivity index (χ2n) is 1.82. The van der Waals surface area contributed by atoms with Gasteiger partial charge in [-0.1, -0.05) is 29.8 Å². The summed E-state index contributed by atoms with van der Waals surface area (Å²) in [6, 6.07) is 0. The second-order valence-corrected chi connectivity index (χ2v) is 17.6. The molecule has 0 nitrogen and oxygen atoms in total. The molecule has 0 radical (unpaired) electrons. The van der Waals surface area contributed by atoms with Crippen molar-refractivity contribution < 1.29 is 0 Å². The number of hydrogen-bond donors (Lipinski definition) is 0. The standard InChI is InChI=1S/C3H7Cl5S3/c1-10(4,5)2-9-3-11(6,7)8/h2-3H2,1H3. The number of hydrogen-bond acceptors (Lipinski definition) is 1. The first-order chi connectivity index (χ1) is 4.71. The molecule has 8 heteroatoms. The Bertz CT molecular complexity index is 101.